The van der Waals surface area contributed by atoms with E-state index in [1.165, 1.54) is 5.56 Å². The highest BCUT2D eigenvalue weighted by molar-refractivity contribution is 5.77. The van der Waals surface area contributed by atoms with E-state index in [4.69, 9.17) is 0 Å². The van der Waals surface area contributed by atoms with Crippen LogP contribution in [0.2, 0.25) is 0 Å². The molecule has 0 aromatic heterocycles. The number of carbonyl (C=O) groups excluding carboxylic acids is 1. The largest absolute Gasteiger partial charge is 0.329 e. The first-order chi connectivity index (χ1) is 7.24. The second kappa shape index (κ2) is 3.93. The zero-order chi connectivity index (χ0) is 10.8. The van der Waals surface area contributed by atoms with Crippen LogP contribution in [-0.4, -0.2) is 23.5 Å². The van der Waals surface area contributed by atoms with Crippen molar-refractivity contribution >= 4 is 6.03 Å². The average Bonchev–Trinajstić information content (AvgIpc) is 2.55. The molecule has 1 fully saturated rings. The van der Waals surface area contributed by atoms with Gasteiger partial charge in [-0.25, -0.2) is 4.79 Å². The van der Waals surface area contributed by atoms with E-state index < -0.39 is 0 Å². The molecule has 3 nitrogen and oxygen atoms in total. The molecule has 1 aromatic carbocycles. The van der Waals surface area contributed by atoms with Crippen LogP contribution in [0.3, 0.4) is 0 Å². The molecule has 1 N–H and O–H groups in total. The van der Waals surface area contributed by atoms with Gasteiger partial charge in [0, 0.05) is 6.54 Å². The van der Waals surface area contributed by atoms with Gasteiger partial charge in [0.1, 0.15) is 0 Å². The number of rotatable bonds is 2. The fraction of sp³-hybridized carbons (Fsp3) is 0.417. The molecule has 0 bridgehead atoms. The van der Waals surface area contributed by atoms with Crippen LogP contribution in [0.15, 0.2) is 30.3 Å². The molecule has 0 spiro atoms. The van der Waals surface area contributed by atoms with Gasteiger partial charge in [-0.2, -0.15) is 0 Å². The quantitative estimate of drug-likeness (QED) is 0.786. The Bertz CT molecular complexity index is 350. The molecule has 3 heteroatoms. The van der Waals surface area contributed by atoms with Gasteiger partial charge in [-0.05, 0) is 19.4 Å². The zero-order valence-electron chi connectivity index (χ0n) is 9.10. The Hall–Kier alpha value is -1.51. The number of nitrogens with zero attached hydrogens (tertiary/aromatic N) is 1. The van der Waals surface area contributed by atoms with Crippen LogP contribution in [0.5, 0.6) is 0 Å². The van der Waals surface area contributed by atoms with Crippen LogP contribution in [0.25, 0.3) is 0 Å². The number of carbonyl (C=O) groups is 1. The van der Waals surface area contributed by atoms with Crippen molar-refractivity contribution in [3.8, 4) is 0 Å². The lowest BCUT2D eigenvalue weighted by Crippen LogP contribution is -2.32. The summed E-state index contributed by atoms with van der Waals surface area (Å²) in [5, 5.41) is 3.01. The van der Waals surface area contributed by atoms with Crippen LogP contribution in [0.4, 0.5) is 4.79 Å². The minimum atomic E-state index is 0.0406. The minimum absolute atomic E-state index is 0.0406. The number of amides is 2. The smallest absolute Gasteiger partial charge is 0.318 e. The molecule has 1 aromatic rings. The predicted octanol–water partition coefficient (Wildman–Crippen LogP) is 2.16. The first-order valence-corrected chi connectivity index (χ1v) is 5.36. The lowest BCUT2D eigenvalue weighted by Gasteiger charge is -2.21. The average molecular weight is 204 g/mol. The Balaban J connectivity index is 2.23. The van der Waals surface area contributed by atoms with Crippen molar-refractivity contribution in [1.29, 1.82) is 0 Å². The molecular weight excluding hydrogens is 188 g/mol. The van der Waals surface area contributed by atoms with Gasteiger partial charge >= 0.3 is 6.03 Å². The fourth-order valence-electron chi connectivity index (χ4n) is 2.16. The van der Waals surface area contributed by atoms with Gasteiger partial charge in [-0.3, -0.25) is 0 Å². The zero-order valence-corrected chi connectivity index (χ0v) is 9.10. The summed E-state index contributed by atoms with van der Waals surface area (Å²) in [6.45, 7) is 4.85. The monoisotopic (exact) mass is 204 g/mol. The Morgan fingerprint density at radius 1 is 1.33 bits per heavy atom. The Labute approximate surface area is 90.1 Å². The van der Waals surface area contributed by atoms with E-state index in [1.807, 2.05) is 30.0 Å². The number of likely N-dealkylation sites (N-methyl/N-ethyl adjacent to an activating group) is 1. The molecule has 2 rings (SSSR count). The number of urea groups is 1. The van der Waals surface area contributed by atoms with Crippen LogP contribution in [-0.2, 0) is 0 Å². The molecule has 0 aliphatic carbocycles. The first kappa shape index (κ1) is 10.0. The van der Waals surface area contributed by atoms with E-state index in [1.54, 1.807) is 0 Å². The second-order valence-electron chi connectivity index (χ2n) is 3.86. The lowest BCUT2D eigenvalue weighted by atomic mass is 10.0. The molecule has 1 aliphatic heterocycles. The summed E-state index contributed by atoms with van der Waals surface area (Å²) in [5.41, 5.74) is 1.18. The Morgan fingerprint density at radius 3 is 2.53 bits per heavy atom. The van der Waals surface area contributed by atoms with Crippen molar-refractivity contribution < 1.29 is 4.79 Å². The van der Waals surface area contributed by atoms with Crippen LogP contribution < -0.4 is 5.32 Å². The Kier molecular flexibility index (Phi) is 2.62. The predicted molar refractivity (Wildman–Crippen MR) is 59.6 cm³/mol. The lowest BCUT2D eigenvalue weighted by molar-refractivity contribution is 0.209. The normalized spacial score (nSPS) is 25.5. The number of benzene rings is 1. The van der Waals surface area contributed by atoms with Gasteiger partial charge < -0.3 is 10.2 Å². The summed E-state index contributed by atoms with van der Waals surface area (Å²) in [5.74, 6) is 0. The molecule has 2 atom stereocenters. The highest BCUT2D eigenvalue weighted by atomic mass is 16.2. The van der Waals surface area contributed by atoms with Gasteiger partial charge in [0.25, 0.3) is 0 Å². The second-order valence-corrected chi connectivity index (χ2v) is 3.86. The van der Waals surface area contributed by atoms with Crippen molar-refractivity contribution in [1.82, 2.24) is 10.2 Å². The molecule has 1 aliphatic rings. The van der Waals surface area contributed by atoms with Gasteiger partial charge in [0.2, 0.25) is 0 Å². The molecule has 2 amide bonds. The van der Waals surface area contributed by atoms with E-state index in [0.29, 0.717) is 0 Å². The molecular formula is C12H16N2O. The van der Waals surface area contributed by atoms with Gasteiger partial charge in [0.05, 0.1) is 12.1 Å². The van der Waals surface area contributed by atoms with Gasteiger partial charge in [-0.1, -0.05) is 30.3 Å². The van der Waals surface area contributed by atoms with E-state index in [2.05, 4.69) is 24.4 Å². The van der Waals surface area contributed by atoms with E-state index >= 15 is 0 Å². The standard InChI is InChI=1S/C12H16N2O/c1-3-14-9(2)11(13-12(14)15)10-7-5-4-6-8-10/h4-9,11H,3H2,1-2H3,(H,13,15). The number of hydrogen-bond donors (Lipinski definition) is 1. The Morgan fingerprint density at radius 2 is 2.00 bits per heavy atom. The maximum Gasteiger partial charge on any atom is 0.318 e. The highest BCUT2D eigenvalue weighted by Crippen LogP contribution is 2.26. The van der Waals surface area contributed by atoms with Crippen molar-refractivity contribution in [2.24, 2.45) is 0 Å². The van der Waals surface area contributed by atoms with Crippen LogP contribution in [0.1, 0.15) is 25.5 Å². The molecule has 0 saturated carbocycles. The SMILES string of the molecule is CCN1C(=O)NC(c2ccccc2)C1C. The van der Waals surface area contributed by atoms with Crippen molar-refractivity contribution in [3.63, 3.8) is 0 Å². The van der Waals surface area contributed by atoms with Gasteiger partial charge in [0.15, 0.2) is 0 Å². The third-order valence-electron chi connectivity index (χ3n) is 3.01. The third kappa shape index (κ3) is 1.69. The molecule has 0 radical (unpaired) electrons. The van der Waals surface area contributed by atoms with E-state index in [9.17, 15) is 4.79 Å². The maximum atomic E-state index is 11.6. The van der Waals surface area contributed by atoms with Crippen molar-refractivity contribution in [2.75, 3.05) is 6.54 Å². The number of nitrogens with one attached hydrogen (secondary N) is 1. The summed E-state index contributed by atoms with van der Waals surface area (Å²) >= 11 is 0. The molecule has 15 heavy (non-hydrogen) atoms. The molecule has 80 valence electrons. The molecule has 1 heterocycles. The number of hydrogen-bond acceptors (Lipinski definition) is 1. The van der Waals surface area contributed by atoms with E-state index in [0.717, 1.165) is 6.54 Å². The van der Waals surface area contributed by atoms with E-state index in [-0.39, 0.29) is 18.1 Å². The summed E-state index contributed by atoms with van der Waals surface area (Å²) in [6.07, 6.45) is 0. The summed E-state index contributed by atoms with van der Waals surface area (Å²) in [7, 11) is 0. The fourth-order valence-corrected chi connectivity index (χ4v) is 2.16. The third-order valence-corrected chi connectivity index (χ3v) is 3.01. The first-order valence-electron chi connectivity index (χ1n) is 5.36. The maximum absolute atomic E-state index is 11.6. The van der Waals surface area contributed by atoms with Crippen LogP contribution in [0, 0.1) is 0 Å². The molecule has 2 unspecified atom stereocenters. The summed E-state index contributed by atoms with van der Waals surface area (Å²) in [6, 6.07) is 10.5. The van der Waals surface area contributed by atoms with Crippen molar-refractivity contribution in [2.45, 2.75) is 25.9 Å². The minimum Gasteiger partial charge on any atom is -0.329 e. The summed E-state index contributed by atoms with van der Waals surface area (Å²) < 4.78 is 0. The van der Waals surface area contributed by atoms with Crippen molar-refractivity contribution in [3.05, 3.63) is 35.9 Å². The van der Waals surface area contributed by atoms with Gasteiger partial charge in [-0.15, -0.1) is 0 Å². The molecule has 1 saturated heterocycles. The summed E-state index contributed by atoms with van der Waals surface area (Å²) in [4.78, 5) is 13.5. The highest BCUT2D eigenvalue weighted by Gasteiger charge is 2.35. The van der Waals surface area contributed by atoms with Crippen LogP contribution >= 0.6 is 0 Å². The topological polar surface area (TPSA) is 32.3 Å².